The highest BCUT2D eigenvalue weighted by atomic mass is 127. The Morgan fingerprint density at radius 2 is 1.86 bits per heavy atom. The molecule has 1 N–H and O–H groups in total. The van der Waals surface area contributed by atoms with Gasteiger partial charge in [0, 0.05) is 14.1 Å². The Hall–Kier alpha value is -0.390. The summed E-state index contributed by atoms with van der Waals surface area (Å²) in [5, 5.41) is 3.69. The summed E-state index contributed by atoms with van der Waals surface area (Å²) < 4.78 is 2.43. The van der Waals surface area contributed by atoms with E-state index in [1.807, 2.05) is 0 Å². The molecule has 0 heterocycles. The standard InChI is InChI=1S/C18H21BrIN/c1-3-10-21-18(12-14-4-7-16(20)8-5-14)17-9-6-15(19)11-13(17)2/h4-9,11,18,21H,3,10,12H2,1-2H3. The molecule has 2 rings (SSSR count). The summed E-state index contributed by atoms with van der Waals surface area (Å²) in [7, 11) is 0. The van der Waals surface area contributed by atoms with E-state index in [2.05, 4.69) is 100 Å². The minimum Gasteiger partial charge on any atom is -0.310 e. The van der Waals surface area contributed by atoms with E-state index < -0.39 is 0 Å². The molecule has 21 heavy (non-hydrogen) atoms. The van der Waals surface area contributed by atoms with Crippen molar-refractivity contribution in [1.29, 1.82) is 0 Å². The molecular weight excluding hydrogens is 437 g/mol. The molecule has 0 aliphatic heterocycles. The molecule has 2 aromatic carbocycles. The highest BCUT2D eigenvalue weighted by molar-refractivity contribution is 14.1. The van der Waals surface area contributed by atoms with Crippen molar-refractivity contribution in [3.63, 3.8) is 0 Å². The molecule has 1 atom stereocenters. The smallest absolute Gasteiger partial charge is 0.0363 e. The Kier molecular flexibility index (Phi) is 6.71. The van der Waals surface area contributed by atoms with Crippen molar-refractivity contribution in [2.24, 2.45) is 0 Å². The van der Waals surface area contributed by atoms with Crippen LogP contribution in [0.4, 0.5) is 0 Å². The van der Waals surface area contributed by atoms with Crippen LogP contribution in [0.3, 0.4) is 0 Å². The van der Waals surface area contributed by atoms with Gasteiger partial charge >= 0.3 is 0 Å². The van der Waals surface area contributed by atoms with E-state index in [0.717, 1.165) is 23.9 Å². The quantitative estimate of drug-likeness (QED) is 0.553. The van der Waals surface area contributed by atoms with E-state index in [9.17, 15) is 0 Å². The first-order valence-corrected chi connectivity index (χ1v) is 9.21. The normalized spacial score (nSPS) is 12.4. The van der Waals surface area contributed by atoms with Gasteiger partial charge in [-0.25, -0.2) is 0 Å². The predicted octanol–water partition coefficient (Wildman–Crippen LogP) is 5.65. The molecule has 1 unspecified atom stereocenters. The number of nitrogens with one attached hydrogen (secondary N) is 1. The van der Waals surface area contributed by atoms with Crippen LogP contribution in [0.2, 0.25) is 0 Å². The van der Waals surface area contributed by atoms with Crippen LogP contribution in [0, 0.1) is 10.5 Å². The second-order valence-corrected chi connectivity index (χ2v) is 7.50. The summed E-state index contributed by atoms with van der Waals surface area (Å²) in [5.74, 6) is 0. The van der Waals surface area contributed by atoms with Gasteiger partial charge in [-0.05, 0) is 89.9 Å². The van der Waals surface area contributed by atoms with E-state index in [1.54, 1.807) is 0 Å². The van der Waals surface area contributed by atoms with Crippen LogP contribution in [0.5, 0.6) is 0 Å². The zero-order valence-corrected chi connectivity index (χ0v) is 16.2. The molecule has 2 aromatic rings. The topological polar surface area (TPSA) is 12.0 Å². The first kappa shape index (κ1) is 17.0. The Bertz CT molecular complexity index is 580. The van der Waals surface area contributed by atoms with Gasteiger partial charge in [0.05, 0.1) is 0 Å². The fourth-order valence-corrected chi connectivity index (χ4v) is 3.33. The monoisotopic (exact) mass is 457 g/mol. The zero-order chi connectivity index (χ0) is 15.2. The maximum atomic E-state index is 3.69. The van der Waals surface area contributed by atoms with Crippen LogP contribution in [-0.2, 0) is 6.42 Å². The Morgan fingerprint density at radius 1 is 1.14 bits per heavy atom. The van der Waals surface area contributed by atoms with Gasteiger partial charge in [0.2, 0.25) is 0 Å². The van der Waals surface area contributed by atoms with Crippen LogP contribution >= 0.6 is 38.5 Å². The number of aryl methyl sites for hydroxylation is 1. The molecule has 0 amide bonds. The highest BCUT2D eigenvalue weighted by Gasteiger charge is 2.14. The lowest BCUT2D eigenvalue weighted by Crippen LogP contribution is -2.24. The summed E-state index contributed by atoms with van der Waals surface area (Å²) >= 11 is 5.90. The van der Waals surface area contributed by atoms with Gasteiger partial charge in [0.1, 0.15) is 0 Å². The summed E-state index contributed by atoms with van der Waals surface area (Å²) in [4.78, 5) is 0. The molecule has 0 radical (unpaired) electrons. The van der Waals surface area contributed by atoms with Crippen LogP contribution < -0.4 is 5.32 Å². The molecule has 0 aromatic heterocycles. The average molecular weight is 458 g/mol. The molecule has 112 valence electrons. The molecule has 0 saturated carbocycles. The lowest BCUT2D eigenvalue weighted by molar-refractivity contribution is 0.527. The van der Waals surface area contributed by atoms with Crippen molar-refractivity contribution in [2.45, 2.75) is 32.7 Å². The molecule has 0 spiro atoms. The van der Waals surface area contributed by atoms with Crippen molar-refractivity contribution in [2.75, 3.05) is 6.54 Å². The minimum absolute atomic E-state index is 0.373. The van der Waals surface area contributed by atoms with Crippen LogP contribution in [-0.4, -0.2) is 6.54 Å². The molecular formula is C18H21BrIN. The van der Waals surface area contributed by atoms with Gasteiger partial charge in [0.25, 0.3) is 0 Å². The average Bonchev–Trinajstić information content (AvgIpc) is 2.46. The van der Waals surface area contributed by atoms with E-state index in [0.29, 0.717) is 6.04 Å². The second kappa shape index (κ2) is 8.30. The van der Waals surface area contributed by atoms with Gasteiger partial charge in [-0.15, -0.1) is 0 Å². The Labute approximate surface area is 149 Å². The van der Waals surface area contributed by atoms with Crippen molar-refractivity contribution in [3.05, 3.63) is 67.2 Å². The summed E-state index contributed by atoms with van der Waals surface area (Å²) in [6.07, 6.45) is 2.18. The van der Waals surface area contributed by atoms with Crippen molar-refractivity contribution < 1.29 is 0 Å². The Morgan fingerprint density at radius 3 is 2.48 bits per heavy atom. The number of halogens is 2. The van der Waals surface area contributed by atoms with Crippen molar-refractivity contribution in [3.8, 4) is 0 Å². The fourth-order valence-electron chi connectivity index (χ4n) is 2.50. The third kappa shape index (κ3) is 5.08. The van der Waals surface area contributed by atoms with Crippen LogP contribution in [0.1, 0.15) is 36.1 Å². The lowest BCUT2D eigenvalue weighted by atomic mass is 9.95. The third-order valence-corrected chi connectivity index (χ3v) is 4.81. The Balaban J connectivity index is 2.22. The molecule has 3 heteroatoms. The summed E-state index contributed by atoms with van der Waals surface area (Å²) in [6, 6.07) is 15.8. The molecule has 1 nitrogen and oxygen atoms in total. The van der Waals surface area contributed by atoms with Crippen LogP contribution in [0.25, 0.3) is 0 Å². The molecule has 0 saturated heterocycles. The summed E-state index contributed by atoms with van der Waals surface area (Å²) in [6.45, 7) is 5.45. The number of hydrogen-bond acceptors (Lipinski definition) is 1. The number of hydrogen-bond donors (Lipinski definition) is 1. The summed E-state index contributed by atoms with van der Waals surface area (Å²) in [5.41, 5.74) is 4.11. The molecule has 0 fully saturated rings. The first-order chi connectivity index (χ1) is 10.1. The fraction of sp³-hybridized carbons (Fsp3) is 0.333. The third-order valence-electron chi connectivity index (χ3n) is 3.60. The zero-order valence-electron chi connectivity index (χ0n) is 12.5. The number of benzene rings is 2. The van der Waals surface area contributed by atoms with Gasteiger partial charge in [-0.2, -0.15) is 0 Å². The van der Waals surface area contributed by atoms with Gasteiger partial charge < -0.3 is 5.32 Å². The van der Waals surface area contributed by atoms with Gasteiger partial charge in [-0.1, -0.05) is 41.1 Å². The molecule has 0 aliphatic carbocycles. The first-order valence-electron chi connectivity index (χ1n) is 7.34. The highest BCUT2D eigenvalue weighted by Crippen LogP contribution is 2.25. The maximum Gasteiger partial charge on any atom is 0.0363 e. The number of rotatable bonds is 6. The molecule has 0 bridgehead atoms. The second-order valence-electron chi connectivity index (χ2n) is 5.34. The maximum absolute atomic E-state index is 3.69. The largest absolute Gasteiger partial charge is 0.310 e. The SMILES string of the molecule is CCCNC(Cc1ccc(I)cc1)c1ccc(Br)cc1C. The van der Waals surface area contributed by atoms with E-state index in [-0.39, 0.29) is 0 Å². The van der Waals surface area contributed by atoms with E-state index >= 15 is 0 Å². The van der Waals surface area contributed by atoms with Crippen molar-refractivity contribution in [1.82, 2.24) is 5.32 Å². The predicted molar refractivity (Wildman–Crippen MR) is 103 cm³/mol. The molecule has 0 aliphatic rings. The van der Waals surface area contributed by atoms with E-state index in [4.69, 9.17) is 0 Å². The van der Waals surface area contributed by atoms with Gasteiger partial charge in [0.15, 0.2) is 0 Å². The van der Waals surface area contributed by atoms with Crippen LogP contribution in [0.15, 0.2) is 46.9 Å². The lowest BCUT2D eigenvalue weighted by Gasteiger charge is -2.21. The van der Waals surface area contributed by atoms with E-state index in [1.165, 1.54) is 20.3 Å². The van der Waals surface area contributed by atoms with Gasteiger partial charge in [-0.3, -0.25) is 0 Å². The minimum atomic E-state index is 0.373. The van der Waals surface area contributed by atoms with Crippen molar-refractivity contribution >= 4 is 38.5 Å².